The smallest absolute Gasteiger partial charge is 0.0573 e. The molecule has 0 aliphatic heterocycles. The van der Waals surface area contributed by atoms with E-state index in [0.717, 1.165) is 5.69 Å². The zero-order valence-corrected chi connectivity index (χ0v) is 6.77. The highest BCUT2D eigenvalue weighted by atomic mass is 16.3. The molecule has 0 bridgehead atoms. The number of aliphatic hydroxyl groups excluding tert-OH is 1. The lowest BCUT2D eigenvalue weighted by Gasteiger charge is -2.08. The molecule has 12 heavy (non-hydrogen) atoms. The molecule has 0 fully saturated rings. The Balaban J connectivity index is 2.68. The van der Waals surface area contributed by atoms with E-state index in [1.165, 1.54) is 0 Å². The number of anilines is 1. The summed E-state index contributed by atoms with van der Waals surface area (Å²) in [5.41, 5.74) is 12.5. The first-order valence-corrected chi connectivity index (χ1v) is 3.82. The molecule has 1 aromatic rings. The molecule has 0 aliphatic carbocycles. The fourth-order valence-electron chi connectivity index (χ4n) is 0.923. The summed E-state index contributed by atoms with van der Waals surface area (Å²) in [5.74, 6) is 0. The number of hydrogen-bond donors (Lipinski definition) is 3. The maximum Gasteiger partial charge on any atom is 0.0573 e. The first-order valence-electron chi connectivity index (χ1n) is 3.82. The van der Waals surface area contributed by atoms with E-state index in [1.807, 2.05) is 0 Å². The fraction of sp³-hybridized carbons (Fsp3) is 0.375. The first kappa shape index (κ1) is 8.96. The van der Waals surface area contributed by atoms with Gasteiger partial charge >= 0.3 is 0 Å². The number of rotatable bonds is 3. The van der Waals surface area contributed by atoms with Crippen LogP contribution < -0.4 is 11.5 Å². The van der Waals surface area contributed by atoms with Crippen LogP contribution in [0.3, 0.4) is 0 Å². The van der Waals surface area contributed by atoms with Crippen molar-refractivity contribution in [3.8, 4) is 0 Å². The Labute approximate surface area is 71.2 Å². The molecule has 0 aromatic carbocycles. The third-order valence-electron chi connectivity index (χ3n) is 1.63. The maximum atomic E-state index is 8.62. The van der Waals surface area contributed by atoms with E-state index in [-0.39, 0.29) is 12.6 Å². The number of hydrogen-bond acceptors (Lipinski definition) is 4. The largest absolute Gasteiger partial charge is 0.397 e. The zero-order chi connectivity index (χ0) is 8.97. The molecule has 0 aliphatic rings. The monoisotopic (exact) mass is 167 g/mol. The van der Waals surface area contributed by atoms with E-state index in [2.05, 4.69) is 4.98 Å². The van der Waals surface area contributed by atoms with E-state index in [0.29, 0.717) is 12.1 Å². The summed E-state index contributed by atoms with van der Waals surface area (Å²) in [6.45, 7) is 0.0766. The Hall–Kier alpha value is -1.13. The molecular formula is C8H13N3O. The maximum absolute atomic E-state index is 8.62. The van der Waals surface area contributed by atoms with Gasteiger partial charge in [0, 0.05) is 12.6 Å². The number of nitrogens with two attached hydrogens (primary N) is 2. The van der Waals surface area contributed by atoms with Gasteiger partial charge < -0.3 is 16.6 Å². The predicted molar refractivity (Wildman–Crippen MR) is 47.3 cm³/mol. The van der Waals surface area contributed by atoms with Gasteiger partial charge in [-0.25, -0.2) is 0 Å². The van der Waals surface area contributed by atoms with Gasteiger partial charge in [-0.15, -0.1) is 0 Å². The second-order valence-corrected chi connectivity index (χ2v) is 2.64. The summed E-state index contributed by atoms with van der Waals surface area (Å²) in [5, 5.41) is 8.62. The van der Waals surface area contributed by atoms with Gasteiger partial charge in [0.2, 0.25) is 0 Å². The van der Waals surface area contributed by atoms with Crippen LogP contribution in [-0.2, 0) is 0 Å². The number of pyridine rings is 1. The highest BCUT2D eigenvalue weighted by Gasteiger charge is 2.05. The van der Waals surface area contributed by atoms with Gasteiger partial charge in [-0.2, -0.15) is 0 Å². The lowest BCUT2D eigenvalue weighted by Crippen LogP contribution is -2.13. The van der Waals surface area contributed by atoms with Crippen molar-refractivity contribution >= 4 is 5.69 Å². The minimum atomic E-state index is -0.199. The molecule has 0 spiro atoms. The molecule has 4 nitrogen and oxygen atoms in total. The molecule has 0 radical (unpaired) electrons. The van der Waals surface area contributed by atoms with Crippen LogP contribution in [0.5, 0.6) is 0 Å². The topological polar surface area (TPSA) is 85.2 Å². The van der Waals surface area contributed by atoms with Crippen molar-refractivity contribution < 1.29 is 5.11 Å². The Bertz CT molecular complexity index is 235. The average molecular weight is 167 g/mol. The highest BCUT2D eigenvalue weighted by Crippen LogP contribution is 2.11. The molecule has 4 heteroatoms. The lowest BCUT2D eigenvalue weighted by molar-refractivity contribution is 0.275. The van der Waals surface area contributed by atoms with Crippen molar-refractivity contribution in [2.45, 2.75) is 12.5 Å². The average Bonchev–Trinajstić information content (AvgIpc) is 2.06. The second-order valence-electron chi connectivity index (χ2n) is 2.64. The van der Waals surface area contributed by atoms with Crippen LogP contribution in [0.25, 0.3) is 0 Å². The molecule has 0 saturated heterocycles. The van der Waals surface area contributed by atoms with Crippen LogP contribution in [-0.4, -0.2) is 16.7 Å². The second kappa shape index (κ2) is 4.04. The Morgan fingerprint density at radius 3 is 2.75 bits per heavy atom. The van der Waals surface area contributed by atoms with Crippen molar-refractivity contribution in [1.29, 1.82) is 0 Å². The molecule has 0 unspecified atom stereocenters. The molecule has 1 rings (SSSR count). The third-order valence-corrected chi connectivity index (χ3v) is 1.63. The van der Waals surface area contributed by atoms with Crippen LogP contribution in [0, 0.1) is 0 Å². The summed E-state index contributed by atoms with van der Waals surface area (Å²) in [7, 11) is 0. The van der Waals surface area contributed by atoms with Gasteiger partial charge in [-0.05, 0) is 18.6 Å². The Morgan fingerprint density at radius 2 is 2.25 bits per heavy atom. The summed E-state index contributed by atoms with van der Waals surface area (Å²) in [4.78, 5) is 4.04. The zero-order valence-electron chi connectivity index (χ0n) is 6.77. The number of aliphatic hydroxyl groups is 1. The molecule has 66 valence electrons. The first-order chi connectivity index (χ1) is 5.74. The van der Waals surface area contributed by atoms with Gasteiger partial charge in [-0.3, -0.25) is 4.98 Å². The fourth-order valence-corrected chi connectivity index (χ4v) is 0.923. The van der Waals surface area contributed by atoms with Crippen molar-refractivity contribution in [3.05, 3.63) is 24.0 Å². The SMILES string of the molecule is Nc1ccc([C@H](N)CCO)nc1. The molecule has 5 N–H and O–H groups in total. The van der Waals surface area contributed by atoms with Crippen molar-refractivity contribution in [3.63, 3.8) is 0 Å². The van der Waals surface area contributed by atoms with Gasteiger partial charge in [0.25, 0.3) is 0 Å². The summed E-state index contributed by atoms with van der Waals surface area (Å²) >= 11 is 0. The van der Waals surface area contributed by atoms with Crippen molar-refractivity contribution in [2.75, 3.05) is 12.3 Å². The van der Waals surface area contributed by atoms with Crippen molar-refractivity contribution in [1.82, 2.24) is 4.98 Å². The molecule has 1 heterocycles. The minimum Gasteiger partial charge on any atom is -0.397 e. The van der Waals surface area contributed by atoms with Gasteiger partial charge in [0.15, 0.2) is 0 Å². The quantitative estimate of drug-likeness (QED) is 0.593. The number of nitrogen functional groups attached to an aromatic ring is 1. The van der Waals surface area contributed by atoms with E-state index in [9.17, 15) is 0 Å². The van der Waals surface area contributed by atoms with Gasteiger partial charge in [0.1, 0.15) is 0 Å². The predicted octanol–water partition coefficient (Wildman–Crippen LogP) is 0.0460. The third kappa shape index (κ3) is 2.18. The van der Waals surface area contributed by atoms with E-state index < -0.39 is 0 Å². The van der Waals surface area contributed by atoms with Crippen LogP contribution in [0.2, 0.25) is 0 Å². The summed E-state index contributed by atoms with van der Waals surface area (Å²) in [6.07, 6.45) is 2.09. The van der Waals surface area contributed by atoms with Gasteiger partial charge in [0.05, 0.1) is 17.6 Å². The van der Waals surface area contributed by atoms with Crippen LogP contribution in [0.4, 0.5) is 5.69 Å². The van der Waals surface area contributed by atoms with E-state index in [4.69, 9.17) is 16.6 Å². The molecule has 0 saturated carbocycles. The van der Waals surface area contributed by atoms with E-state index >= 15 is 0 Å². The Morgan fingerprint density at radius 1 is 1.50 bits per heavy atom. The molecule has 0 amide bonds. The van der Waals surface area contributed by atoms with E-state index in [1.54, 1.807) is 18.3 Å². The molecule has 1 aromatic heterocycles. The number of nitrogens with zero attached hydrogens (tertiary/aromatic N) is 1. The molecular weight excluding hydrogens is 154 g/mol. The van der Waals surface area contributed by atoms with Gasteiger partial charge in [-0.1, -0.05) is 0 Å². The lowest BCUT2D eigenvalue weighted by atomic mass is 10.1. The van der Waals surface area contributed by atoms with Crippen LogP contribution >= 0.6 is 0 Å². The normalized spacial score (nSPS) is 12.8. The highest BCUT2D eigenvalue weighted by molar-refractivity contribution is 5.34. The summed E-state index contributed by atoms with van der Waals surface area (Å²) in [6, 6.07) is 3.32. The standard InChI is InChI=1S/C8H13N3O/c9-6-1-2-8(11-5-6)7(10)3-4-12/h1-2,5,7,12H,3-4,9-10H2/t7-/m1/s1. The minimum absolute atomic E-state index is 0.0766. The molecule has 1 atom stereocenters. The van der Waals surface area contributed by atoms with Crippen LogP contribution in [0.1, 0.15) is 18.2 Å². The van der Waals surface area contributed by atoms with Crippen LogP contribution in [0.15, 0.2) is 18.3 Å². The Kier molecular flexibility index (Phi) is 3.01. The number of aromatic nitrogens is 1. The summed E-state index contributed by atoms with van der Waals surface area (Å²) < 4.78 is 0. The van der Waals surface area contributed by atoms with Crippen molar-refractivity contribution in [2.24, 2.45) is 5.73 Å².